The Morgan fingerprint density at radius 2 is 2.35 bits per heavy atom. The molecule has 20 heavy (non-hydrogen) atoms. The third-order valence-electron chi connectivity index (χ3n) is 2.65. The van der Waals surface area contributed by atoms with Crippen LogP contribution in [-0.4, -0.2) is 20.7 Å². The maximum absolute atomic E-state index is 11.6. The van der Waals surface area contributed by atoms with Gasteiger partial charge < -0.3 is 9.73 Å². The van der Waals surface area contributed by atoms with Crippen LogP contribution < -0.4 is 5.32 Å². The second kappa shape index (κ2) is 5.30. The Labute approximate surface area is 119 Å². The normalized spacial score (nSPS) is 10.7. The Morgan fingerprint density at radius 3 is 3.00 bits per heavy atom. The van der Waals surface area contributed by atoms with Gasteiger partial charge in [0.25, 0.3) is 0 Å². The molecule has 6 nitrogen and oxygen atoms in total. The summed E-state index contributed by atoms with van der Waals surface area (Å²) >= 11 is 1.64. The van der Waals surface area contributed by atoms with Crippen LogP contribution in [0.15, 0.2) is 40.3 Å². The standard InChI is InChI=1S/C13H12N4O2S/c1-9(18)17-13(14-8-10-4-3-7-20-10)15-12(16-17)11-5-2-6-19-11/h2-7H,8H2,1H3,(H,14,15,16). The van der Waals surface area contributed by atoms with Gasteiger partial charge in [0.2, 0.25) is 17.7 Å². The molecule has 0 bridgehead atoms. The van der Waals surface area contributed by atoms with Crippen molar-refractivity contribution in [3.8, 4) is 11.6 Å². The van der Waals surface area contributed by atoms with Crippen molar-refractivity contribution in [2.75, 3.05) is 5.32 Å². The molecule has 0 spiro atoms. The van der Waals surface area contributed by atoms with Gasteiger partial charge in [-0.1, -0.05) is 6.07 Å². The molecule has 0 amide bonds. The van der Waals surface area contributed by atoms with E-state index in [1.807, 2.05) is 17.5 Å². The summed E-state index contributed by atoms with van der Waals surface area (Å²) in [5.41, 5.74) is 0. The molecule has 0 unspecified atom stereocenters. The van der Waals surface area contributed by atoms with E-state index >= 15 is 0 Å². The second-order valence-electron chi connectivity index (χ2n) is 4.10. The van der Waals surface area contributed by atoms with Gasteiger partial charge in [0.05, 0.1) is 12.8 Å². The number of anilines is 1. The van der Waals surface area contributed by atoms with Gasteiger partial charge in [0.1, 0.15) is 0 Å². The third kappa shape index (κ3) is 2.48. The molecule has 3 rings (SSSR count). The molecule has 7 heteroatoms. The van der Waals surface area contributed by atoms with E-state index < -0.39 is 0 Å². The van der Waals surface area contributed by atoms with Crippen LogP contribution in [0.1, 0.15) is 16.6 Å². The van der Waals surface area contributed by atoms with Crippen LogP contribution in [0.4, 0.5) is 5.95 Å². The van der Waals surface area contributed by atoms with E-state index in [1.165, 1.54) is 11.6 Å². The SMILES string of the molecule is CC(=O)n1nc(-c2ccco2)nc1NCc1cccs1. The van der Waals surface area contributed by atoms with Crippen LogP contribution in [0.3, 0.4) is 0 Å². The summed E-state index contributed by atoms with van der Waals surface area (Å²) in [6.45, 7) is 2.04. The minimum atomic E-state index is -0.205. The third-order valence-corrected chi connectivity index (χ3v) is 3.52. The van der Waals surface area contributed by atoms with E-state index in [0.29, 0.717) is 24.1 Å². The second-order valence-corrected chi connectivity index (χ2v) is 5.13. The van der Waals surface area contributed by atoms with E-state index in [4.69, 9.17) is 4.42 Å². The molecule has 0 fully saturated rings. The molecule has 0 aliphatic carbocycles. The Hall–Kier alpha value is -2.41. The lowest BCUT2D eigenvalue weighted by Crippen LogP contribution is -2.13. The summed E-state index contributed by atoms with van der Waals surface area (Å²) in [6.07, 6.45) is 1.54. The maximum atomic E-state index is 11.6. The molecule has 0 aliphatic heterocycles. The molecule has 102 valence electrons. The largest absolute Gasteiger partial charge is 0.461 e. The minimum Gasteiger partial charge on any atom is -0.461 e. The van der Waals surface area contributed by atoms with Crippen molar-refractivity contribution < 1.29 is 9.21 Å². The quantitative estimate of drug-likeness (QED) is 0.799. The minimum absolute atomic E-state index is 0.205. The molecule has 0 radical (unpaired) electrons. The van der Waals surface area contributed by atoms with Gasteiger partial charge in [-0.25, -0.2) is 0 Å². The van der Waals surface area contributed by atoms with Crippen LogP contribution in [-0.2, 0) is 6.54 Å². The molecule has 1 N–H and O–H groups in total. The molecule has 3 heterocycles. The number of hydrogen-bond donors (Lipinski definition) is 1. The predicted molar refractivity (Wildman–Crippen MR) is 75.7 cm³/mol. The molecule has 0 aliphatic rings. The van der Waals surface area contributed by atoms with E-state index in [9.17, 15) is 4.79 Å². The summed E-state index contributed by atoms with van der Waals surface area (Å²) in [4.78, 5) is 17.1. The number of rotatable bonds is 4. The lowest BCUT2D eigenvalue weighted by Gasteiger charge is -2.03. The Bertz CT molecular complexity index is 701. The Kier molecular flexibility index (Phi) is 3.34. The molecular weight excluding hydrogens is 276 g/mol. The highest BCUT2D eigenvalue weighted by molar-refractivity contribution is 7.09. The first-order valence-corrected chi connectivity index (χ1v) is 6.90. The van der Waals surface area contributed by atoms with Crippen molar-refractivity contribution in [1.29, 1.82) is 0 Å². The van der Waals surface area contributed by atoms with Crippen molar-refractivity contribution in [1.82, 2.24) is 14.8 Å². The number of carbonyl (C=O) groups is 1. The number of nitrogens with one attached hydrogen (secondary N) is 1. The monoisotopic (exact) mass is 288 g/mol. The van der Waals surface area contributed by atoms with Gasteiger partial charge in [0.15, 0.2) is 5.76 Å². The lowest BCUT2D eigenvalue weighted by atomic mass is 10.4. The molecule has 3 aromatic heterocycles. The van der Waals surface area contributed by atoms with Gasteiger partial charge in [0, 0.05) is 11.8 Å². The zero-order valence-corrected chi connectivity index (χ0v) is 11.6. The summed E-state index contributed by atoms with van der Waals surface area (Å²) in [5, 5.41) is 9.27. The molecule has 3 aromatic rings. The van der Waals surface area contributed by atoms with Crippen LogP contribution in [0.5, 0.6) is 0 Å². The topological polar surface area (TPSA) is 73.0 Å². The van der Waals surface area contributed by atoms with Crippen LogP contribution in [0.25, 0.3) is 11.6 Å². The fourth-order valence-electron chi connectivity index (χ4n) is 1.74. The fourth-order valence-corrected chi connectivity index (χ4v) is 2.38. The van der Waals surface area contributed by atoms with Crippen molar-refractivity contribution >= 4 is 23.2 Å². The van der Waals surface area contributed by atoms with Crippen LogP contribution in [0.2, 0.25) is 0 Å². The average Bonchev–Trinajstić information content (AvgIpc) is 3.17. The zero-order chi connectivity index (χ0) is 13.9. The van der Waals surface area contributed by atoms with Gasteiger partial charge in [-0.05, 0) is 23.6 Å². The summed E-state index contributed by atoms with van der Waals surface area (Å²) < 4.78 is 6.48. The average molecular weight is 288 g/mol. The molecule has 0 saturated heterocycles. The molecule has 0 atom stereocenters. The van der Waals surface area contributed by atoms with E-state index in [0.717, 1.165) is 4.88 Å². The number of nitrogens with zero attached hydrogens (tertiary/aromatic N) is 3. The number of hydrogen-bond acceptors (Lipinski definition) is 6. The van der Waals surface area contributed by atoms with Crippen molar-refractivity contribution in [2.45, 2.75) is 13.5 Å². The Balaban J connectivity index is 1.86. The highest BCUT2D eigenvalue weighted by atomic mass is 32.1. The zero-order valence-electron chi connectivity index (χ0n) is 10.7. The van der Waals surface area contributed by atoms with E-state index in [2.05, 4.69) is 15.4 Å². The first kappa shape index (κ1) is 12.6. The maximum Gasteiger partial charge on any atom is 0.246 e. The fraction of sp³-hybridized carbons (Fsp3) is 0.154. The van der Waals surface area contributed by atoms with Gasteiger partial charge in [-0.15, -0.1) is 16.4 Å². The number of furan rings is 1. The smallest absolute Gasteiger partial charge is 0.246 e. The first-order chi connectivity index (χ1) is 9.74. The first-order valence-electron chi connectivity index (χ1n) is 6.02. The van der Waals surface area contributed by atoms with Crippen molar-refractivity contribution in [2.24, 2.45) is 0 Å². The summed E-state index contributed by atoms with van der Waals surface area (Å²) in [5.74, 6) is 1.13. The number of thiophene rings is 1. The van der Waals surface area contributed by atoms with Crippen LogP contribution >= 0.6 is 11.3 Å². The van der Waals surface area contributed by atoms with Crippen LogP contribution in [0, 0.1) is 0 Å². The lowest BCUT2D eigenvalue weighted by molar-refractivity contribution is 0.0923. The number of aromatic nitrogens is 3. The molecule has 0 aromatic carbocycles. The molecular formula is C13H12N4O2S. The van der Waals surface area contributed by atoms with Crippen molar-refractivity contribution in [3.05, 3.63) is 40.8 Å². The summed E-state index contributed by atoms with van der Waals surface area (Å²) in [7, 11) is 0. The van der Waals surface area contributed by atoms with E-state index in [-0.39, 0.29) is 5.91 Å². The van der Waals surface area contributed by atoms with Gasteiger partial charge in [-0.2, -0.15) is 9.67 Å². The highest BCUT2D eigenvalue weighted by Crippen LogP contribution is 2.19. The van der Waals surface area contributed by atoms with Gasteiger partial charge in [-0.3, -0.25) is 4.79 Å². The molecule has 0 saturated carbocycles. The Morgan fingerprint density at radius 1 is 1.45 bits per heavy atom. The highest BCUT2D eigenvalue weighted by Gasteiger charge is 2.15. The summed E-state index contributed by atoms with van der Waals surface area (Å²) in [6, 6.07) is 7.50. The van der Waals surface area contributed by atoms with E-state index in [1.54, 1.807) is 29.7 Å². The van der Waals surface area contributed by atoms with Gasteiger partial charge >= 0.3 is 0 Å². The van der Waals surface area contributed by atoms with Crippen molar-refractivity contribution in [3.63, 3.8) is 0 Å². The number of carbonyl (C=O) groups excluding carboxylic acids is 1. The predicted octanol–water partition coefficient (Wildman–Crippen LogP) is 2.87.